The molecule has 0 spiro atoms. The molecule has 18 heavy (non-hydrogen) atoms. The molecule has 0 heterocycles. The van der Waals surface area contributed by atoms with E-state index in [4.69, 9.17) is 4.74 Å². The molecule has 0 aromatic carbocycles. The number of rotatable bonds is 11. The minimum atomic E-state index is 0.0124. The fourth-order valence-electron chi connectivity index (χ4n) is 3.10. The molecular formula is C16H35NO. The van der Waals surface area contributed by atoms with E-state index in [9.17, 15) is 0 Å². The Morgan fingerprint density at radius 1 is 1.00 bits per heavy atom. The van der Waals surface area contributed by atoms with Crippen molar-refractivity contribution in [2.45, 2.75) is 85.3 Å². The second kappa shape index (κ2) is 9.80. The molecule has 0 aromatic heterocycles. The Morgan fingerprint density at radius 3 is 2.00 bits per heavy atom. The molecule has 2 heteroatoms. The van der Waals surface area contributed by atoms with E-state index in [2.05, 4.69) is 46.9 Å². The van der Waals surface area contributed by atoms with Gasteiger partial charge >= 0.3 is 0 Å². The Balaban J connectivity index is 4.94. The molecule has 2 atom stereocenters. The van der Waals surface area contributed by atoms with Gasteiger partial charge in [0, 0.05) is 12.6 Å². The molecule has 0 fully saturated rings. The summed E-state index contributed by atoms with van der Waals surface area (Å²) >= 11 is 0. The first-order chi connectivity index (χ1) is 8.61. The summed E-state index contributed by atoms with van der Waals surface area (Å²) in [5.74, 6) is 0.674. The van der Waals surface area contributed by atoms with Gasteiger partial charge in [0.1, 0.15) is 0 Å². The molecule has 0 rings (SSSR count). The SMILES string of the molecule is CCCNC(C(C)CCC)C(CC)(CC)OCC. The van der Waals surface area contributed by atoms with Gasteiger partial charge in [-0.05, 0) is 45.1 Å². The van der Waals surface area contributed by atoms with Crippen LogP contribution in [0, 0.1) is 5.92 Å². The third-order valence-electron chi connectivity index (χ3n) is 4.12. The van der Waals surface area contributed by atoms with E-state index in [0.29, 0.717) is 12.0 Å². The second-order valence-electron chi connectivity index (χ2n) is 5.40. The molecule has 0 saturated carbocycles. The van der Waals surface area contributed by atoms with E-state index in [-0.39, 0.29) is 5.60 Å². The molecule has 0 amide bonds. The number of nitrogens with one attached hydrogen (secondary N) is 1. The first-order valence-electron chi connectivity index (χ1n) is 7.99. The van der Waals surface area contributed by atoms with Crippen molar-refractivity contribution in [3.05, 3.63) is 0 Å². The lowest BCUT2D eigenvalue weighted by molar-refractivity contribution is -0.0845. The van der Waals surface area contributed by atoms with E-state index in [1.54, 1.807) is 0 Å². The second-order valence-corrected chi connectivity index (χ2v) is 5.40. The molecule has 1 N–H and O–H groups in total. The van der Waals surface area contributed by atoms with Gasteiger partial charge in [0.25, 0.3) is 0 Å². The highest BCUT2D eigenvalue weighted by Crippen LogP contribution is 2.31. The Labute approximate surface area is 115 Å². The number of ether oxygens (including phenoxy) is 1. The van der Waals surface area contributed by atoms with Crippen molar-refractivity contribution in [1.82, 2.24) is 5.32 Å². The highest BCUT2D eigenvalue weighted by atomic mass is 16.5. The fraction of sp³-hybridized carbons (Fsp3) is 1.00. The smallest absolute Gasteiger partial charge is 0.0831 e. The van der Waals surface area contributed by atoms with Crippen LogP contribution in [0.5, 0.6) is 0 Å². The van der Waals surface area contributed by atoms with Crippen LogP contribution in [0.25, 0.3) is 0 Å². The average Bonchev–Trinajstić information content (AvgIpc) is 2.38. The lowest BCUT2D eigenvalue weighted by atomic mass is 9.79. The highest BCUT2D eigenvalue weighted by Gasteiger charge is 2.38. The first kappa shape index (κ1) is 17.9. The van der Waals surface area contributed by atoms with Gasteiger partial charge < -0.3 is 10.1 Å². The van der Waals surface area contributed by atoms with Crippen molar-refractivity contribution in [2.75, 3.05) is 13.2 Å². The van der Waals surface area contributed by atoms with Crippen molar-refractivity contribution < 1.29 is 4.74 Å². The van der Waals surface area contributed by atoms with E-state index in [1.807, 2.05) is 0 Å². The summed E-state index contributed by atoms with van der Waals surface area (Å²) in [6, 6.07) is 0.479. The van der Waals surface area contributed by atoms with Crippen molar-refractivity contribution in [3.8, 4) is 0 Å². The van der Waals surface area contributed by atoms with Crippen LogP contribution in [0.15, 0.2) is 0 Å². The number of hydrogen-bond acceptors (Lipinski definition) is 2. The Kier molecular flexibility index (Phi) is 9.76. The summed E-state index contributed by atoms with van der Waals surface area (Å²) in [4.78, 5) is 0. The summed E-state index contributed by atoms with van der Waals surface area (Å²) in [6.45, 7) is 15.4. The van der Waals surface area contributed by atoms with Crippen LogP contribution >= 0.6 is 0 Å². The summed E-state index contributed by atoms with van der Waals surface area (Å²) < 4.78 is 6.19. The summed E-state index contributed by atoms with van der Waals surface area (Å²) in [7, 11) is 0. The average molecular weight is 257 g/mol. The maximum absolute atomic E-state index is 6.19. The third-order valence-corrected chi connectivity index (χ3v) is 4.12. The van der Waals surface area contributed by atoms with Gasteiger partial charge in [0.05, 0.1) is 5.60 Å². The Bertz CT molecular complexity index is 190. The van der Waals surface area contributed by atoms with Gasteiger partial charge in [-0.25, -0.2) is 0 Å². The van der Waals surface area contributed by atoms with Gasteiger partial charge in [-0.15, -0.1) is 0 Å². The quantitative estimate of drug-likeness (QED) is 0.593. The van der Waals surface area contributed by atoms with E-state index >= 15 is 0 Å². The summed E-state index contributed by atoms with van der Waals surface area (Å²) in [5.41, 5.74) is 0.0124. The predicted molar refractivity (Wildman–Crippen MR) is 81.1 cm³/mol. The van der Waals surface area contributed by atoms with Gasteiger partial charge in [0.2, 0.25) is 0 Å². The molecule has 0 saturated heterocycles. The standard InChI is InChI=1S/C16H35NO/c1-7-12-14(6)15(17-13-8-2)16(9-3,10-4)18-11-5/h14-15,17H,7-13H2,1-6H3. The Morgan fingerprint density at radius 2 is 1.61 bits per heavy atom. The molecule has 0 bridgehead atoms. The monoisotopic (exact) mass is 257 g/mol. The topological polar surface area (TPSA) is 21.3 Å². The fourth-order valence-corrected chi connectivity index (χ4v) is 3.10. The number of hydrogen-bond donors (Lipinski definition) is 1. The predicted octanol–water partition coefficient (Wildman–Crippen LogP) is 4.39. The lowest BCUT2D eigenvalue weighted by Crippen LogP contribution is -2.55. The molecule has 2 unspecified atom stereocenters. The molecule has 110 valence electrons. The zero-order valence-corrected chi connectivity index (χ0v) is 13.5. The van der Waals surface area contributed by atoms with Crippen molar-refractivity contribution in [2.24, 2.45) is 5.92 Å². The summed E-state index contributed by atoms with van der Waals surface area (Å²) in [5, 5.41) is 3.76. The van der Waals surface area contributed by atoms with Crippen molar-refractivity contribution in [1.29, 1.82) is 0 Å². The first-order valence-corrected chi connectivity index (χ1v) is 7.99. The van der Waals surface area contributed by atoms with Gasteiger partial charge in [-0.3, -0.25) is 0 Å². The van der Waals surface area contributed by atoms with Gasteiger partial charge in [0.15, 0.2) is 0 Å². The van der Waals surface area contributed by atoms with Crippen LogP contribution in [0.2, 0.25) is 0 Å². The lowest BCUT2D eigenvalue weighted by Gasteiger charge is -2.43. The van der Waals surface area contributed by atoms with E-state index < -0.39 is 0 Å². The molecule has 0 aliphatic rings. The highest BCUT2D eigenvalue weighted by molar-refractivity contribution is 4.94. The van der Waals surface area contributed by atoms with Crippen molar-refractivity contribution >= 4 is 0 Å². The normalized spacial score (nSPS) is 15.7. The molecule has 2 nitrogen and oxygen atoms in total. The minimum Gasteiger partial charge on any atom is -0.374 e. The zero-order chi connectivity index (χ0) is 14.0. The third kappa shape index (κ3) is 4.89. The summed E-state index contributed by atoms with van der Waals surface area (Å²) in [6.07, 6.45) is 5.89. The van der Waals surface area contributed by atoms with Crippen LogP contribution in [0.1, 0.15) is 73.6 Å². The molecule has 0 aromatic rings. The van der Waals surface area contributed by atoms with E-state index in [0.717, 1.165) is 26.0 Å². The molecule has 0 radical (unpaired) electrons. The maximum atomic E-state index is 6.19. The van der Waals surface area contributed by atoms with Crippen LogP contribution in [0.4, 0.5) is 0 Å². The van der Waals surface area contributed by atoms with Crippen LogP contribution < -0.4 is 5.32 Å². The van der Waals surface area contributed by atoms with Crippen molar-refractivity contribution in [3.63, 3.8) is 0 Å². The Hall–Kier alpha value is -0.0800. The minimum absolute atomic E-state index is 0.0124. The molecule has 0 aliphatic heterocycles. The maximum Gasteiger partial charge on any atom is 0.0831 e. The van der Waals surface area contributed by atoms with E-state index in [1.165, 1.54) is 19.3 Å². The van der Waals surface area contributed by atoms with Crippen LogP contribution in [-0.4, -0.2) is 24.8 Å². The van der Waals surface area contributed by atoms with Gasteiger partial charge in [-0.2, -0.15) is 0 Å². The molecule has 0 aliphatic carbocycles. The van der Waals surface area contributed by atoms with Crippen LogP contribution in [0.3, 0.4) is 0 Å². The van der Waals surface area contributed by atoms with Gasteiger partial charge in [-0.1, -0.05) is 41.0 Å². The molecular weight excluding hydrogens is 222 g/mol. The van der Waals surface area contributed by atoms with Crippen LogP contribution in [-0.2, 0) is 4.74 Å². The largest absolute Gasteiger partial charge is 0.374 e. The zero-order valence-electron chi connectivity index (χ0n) is 13.5.